The van der Waals surface area contributed by atoms with Crippen LogP contribution in [0.1, 0.15) is 11.7 Å². The summed E-state index contributed by atoms with van der Waals surface area (Å²) >= 11 is 0. The minimum atomic E-state index is -0.655. The zero-order valence-electron chi connectivity index (χ0n) is 8.95. The summed E-state index contributed by atoms with van der Waals surface area (Å²) in [5.41, 5.74) is 0.750. The van der Waals surface area contributed by atoms with Crippen LogP contribution in [0.4, 0.5) is 0 Å². The van der Waals surface area contributed by atoms with Crippen LogP contribution in [-0.2, 0) is 6.54 Å². The monoisotopic (exact) mass is 219 g/mol. The molecule has 0 radical (unpaired) electrons. The van der Waals surface area contributed by atoms with Gasteiger partial charge in [0.05, 0.1) is 13.7 Å². The Labute approximate surface area is 93.3 Å². The van der Waals surface area contributed by atoms with E-state index in [4.69, 9.17) is 4.74 Å². The van der Waals surface area contributed by atoms with Gasteiger partial charge in [-0.2, -0.15) is 5.10 Å². The average molecular weight is 219 g/mol. The van der Waals surface area contributed by atoms with Gasteiger partial charge in [0.15, 0.2) is 0 Å². The van der Waals surface area contributed by atoms with Gasteiger partial charge in [-0.3, -0.25) is 4.68 Å². The molecule has 1 unspecified atom stereocenters. The van der Waals surface area contributed by atoms with E-state index in [1.165, 1.54) is 6.33 Å². The maximum atomic E-state index is 10.0. The summed E-state index contributed by atoms with van der Waals surface area (Å²) in [4.78, 5) is 3.82. The van der Waals surface area contributed by atoms with Crippen molar-refractivity contribution < 1.29 is 9.84 Å². The van der Waals surface area contributed by atoms with Crippen molar-refractivity contribution in [3.63, 3.8) is 0 Å². The van der Waals surface area contributed by atoms with E-state index in [2.05, 4.69) is 10.1 Å². The maximum Gasteiger partial charge on any atom is 0.137 e. The molecule has 0 saturated carbocycles. The summed E-state index contributed by atoms with van der Waals surface area (Å²) in [5, 5.41) is 14.0. The summed E-state index contributed by atoms with van der Waals surface area (Å²) in [7, 11) is 1.58. The van der Waals surface area contributed by atoms with Crippen molar-refractivity contribution in [2.75, 3.05) is 7.11 Å². The van der Waals surface area contributed by atoms with E-state index in [0.717, 1.165) is 5.56 Å². The second-order valence-electron chi connectivity index (χ2n) is 3.38. The number of hydrogen-bond donors (Lipinski definition) is 1. The highest BCUT2D eigenvalue weighted by atomic mass is 16.5. The second kappa shape index (κ2) is 4.76. The Kier molecular flexibility index (Phi) is 3.16. The first kappa shape index (κ1) is 10.6. The largest absolute Gasteiger partial charge is 0.496 e. The van der Waals surface area contributed by atoms with Crippen LogP contribution in [-0.4, -0.2) is 27.0 Å². The van der Waals surface area contributed by atoms with Crippen molar-refractivity contribution in [3.8, 4) is 5.75 Å². The Morgan fingerprint density at radius 3 is 2.94 bits per heavy atom. The molecule has 16 heavy (non-hydrogen) atoms. The van der Waals surface area contributed by atoms with Crippen LogP contribution in [0.3, 0.4) is 0 Å². The number of hydrogen-bond acceptors (Lipinski definition) is 4. The van der Waals surface area contributed by atoms with E-state index in [1.807, 2.05) is 24.3 Å². The van der Waals surface area contributed by atoms with Gasteiger partial charge in [0.25, 0.3) is 0 Å². The van der Waals surface area contributed by atoms with E-state index in [-0.39, 0.29) is 0 Å². The Hall–Kier alpha value is -1.88. The molecular formula is C11H13N3O2. The molecule has 1 heterocycles. The third kappa shape index (κ3) is 2.20. The molecule has 5 nitrogen and oxygen atoms in total. The molecule has 0 aliphatic rings. The molecule has 2 rings (SSSR count). The van der Waals surface area contributed by atoms with Crippen LogP contribution in [0.5, 0.6) is 5.75 Å². The highest BCUT2D eigenvalue weighted by molar-refractivity contribution is 5.34. The van der Waals surface area contributed by atoms with Gasteiger partial charge in [-0.05, 0) is 6.07 Å². The third-order valence-corrected chi connectivity index (χ3v) is 2.32. The zero-order chi connectivity index (χ0) is 11.4. The minimum Gasteiger partial charge on any atom is -0.496 e. The highest BCUT2D eigenvalue weighted by Crippen LogP contribution is 2.25. The van der Waals surface area contributed by atoms with E-state index >= 15 is 0 Å². The molecule has 0 aliphatic carbocycles. The fourth-order valence-corrected chi connectivity index (χ4v) is 1.54. The number of aliphatic hydroxyl groups is 1. The standard InChI is InChI=1S/C11H13N3O2/c1-16-11-5-3-2-4-9(11)10(15)6-14-8-12-7-13-14/h2-5,7-8,10,15H,6H2,1H3. The lowest BCUT2D eigenvalue weighted by molar-refractivity contribution is 0.147. The van der Waals surface area contributed by atoms with E-state index < -0.39 is 6.10 Å². The SMILES string of the molecule is COc1ccccc1C(O)Cn1cncn1. The Morgan fingerprint density at radius 2 is 2.25 bits per heavy atom. The normalized spacial score (nSPS) is 12.4. The van der Waals surface area contributed by atoms with E-state index in [9.17, 15) is 5.11 Å². The summed E-state index contributed by atoms with van der Waals surface area (Å²) in [6, 6.07) is 7.38. The van der Waals surface area contributed by atoms with Crippen LogP contribution in [0.15, 0.2) is 36.9 Å². The fourth-order valence-electron chi connectivity index (χ4n) is 1.54. The van der Waals surface area contributed by atoms with Crippen molar-refractivity contribution in [2.45, 2.75) is 12.6 Å². The number of aromatic nitrogens is 3. The quantitative estimate of drug-likeness (QED) is 0.834. The topological polar surface area (TPSA) is 60.2 Å². The van der Waals surface area contributed by atoms with Crippen molar-refractivity contribution in [1.82, 2.24) is 14.8 Å². The average Bonchev–Trinajstić information content (AvgIpc) is 2.81. The van der Waals surface area contributed by atoms with Crippen molar-refractivity contribution in [2.24, 2.45) is 0 Å². The first-order valence-electron chi connectivity index (χ1n) is 4.94. The predicted octanol–water partition coefficient (Wildman–Crippen LogP) is 1.02. The number of rotatable bonds is 4. The van der Waals surface area contributed by atoms with Gasteiger partial charge in [-0.1, -0.05) is 18.2 Å². The summed E-state index contributed by atoms with van der Waals surface area (Å²) in [6.07, 6.45) is 2.35. The van der Waals surface area contributed by atoms with Crippen LogP contribution < -0.4 is 4.74 Å². The third-order valence-electron chi connectivity index (χ3n) is 2.32. The molecule has 1 N–H and O–H groups in total. The zero-order valence-corrected chi connectivity index (χ0v) is 8.95. The van der Waals surface area contributed by atoms with Crippen LogP contribution in [0, 0.1) is 0 Å². The maximum absolute atomic E-state index is 10.0. The lowest BCUT2D eigenvalue weighted by Crippen LogP contribution is -2.10. The van der Waals surface area contributed by atoms with Crippen molar-refractivity contribution in [1.29, 1.82) is 0 Å². The molecule has 84 valence electrons. The Balaban J connectivity index is 2.17. The lowest BCUT2D eigenvalue weighted by Gasteiger charge is -2.14. The van der Waals surface area contributed by atoms with Gasteiger partial charge in [0.1, 0.15) is 24.5 Å². The molecule has 0 fully saturated rings. The van der Waals surface area contributed by atoms with Gasteiger partial charge in [0, 0.05) is 5.56 Å². The summed E-state index contributed by atoms with van der Waals surface area (Å²) in [6.45, 7) is 0.361. The first-order valence-corrected chi connectivity index (χ1v) is 4.94. The van der Waals surface area contributed by atoms with Crippen LogP contribution >= 0.6 is 0 Å². The predicted molar refractivity (Wildman–Crippen MR) is 58.0 cm³/mol. The second-order valence-corrected chi connectivity index (χ2v) is 3.38. The summed E-state index contributed by atoms with van der Waals surface area (Å²) < 4.78 is 6.76. The molecule has 0 bridgehead atoms. The molecule has 0 amide bonds. The van der Waals surface area contributed by atoms with E-state index in [0.29, 0.717) is 12.3 Å². The highest BCUT2D eigenvalue weighted by Gasteiger charge is 2.13. The number of aliphatic hydroxyl groups excluding tert-OH is 1. The van der Waals surface area contributed by atoms with Crippen LogP contribution in [0.25, 0.3) is 0 Å². The molecule has 2 aromatic rings. The van der Waals surface area contributed by atoms with Crippen LogP contribution in [0.2, 0.25) is 0 Å². The van der Waals surface area contributed by atoms with E-state index in [1.54, 1.807) is 18.1 Å². The fraction of sp³-hybridized carbons (Fsp3) is 0.273. The molecule has 1 aromatic carbocycles. The number of para-hydroxylation sites is 1. The number of nitrogens with zero attached hydrogens (tertiary/aromatic N) is 3. The molecule has 0 aliphatic heterocycles. The van der Waals surface area contributed by atoms with Gasteiger partial charge in [-0.15, -0.1) is 0 Å². The Bertz CT molecular complexity index is 442. The molecule has 5 heteroatoms. The van der Waals surface area contributed by atoms with Crippen molar-refractivity contribution in [3.05, 3.63) is 42.5 Å². The number of methoxy groups -OCH3 is 1. The molecule has 1 atom stereocenters. The molecular weight excluding hydrogens is 206 g/mol. The lowest BCUT2D eigenvalue weighted by atomic mass is 10.1. The summed E-state index contributed by atoms with van der Waals surface area (Å²) in [5.74, 6) is 0.676. The first-order chi connectivity index (χ1) is 7.81. The number of benzene rings is 1. The smallest absolute Gasteiger partial charge is 0.137 e. The minimum absolute atomic E-state index is 0.361. The van der Waals surface area contributed by atoms with Gasteiger partial charge < -0.3 is 9.84 Å². The van der Waals surface area contributed by atoms with Crippen molar-refractivity contribution >= 4 is 0 Å². The molecule has 0 spiro atoms. The van der Waals surface area contributed by atoms with Gasteiger partial charge in [0.2, 0.25) is 0 Å². The van der Waals surface area contributed by atoms with Gasteiger partial charge in [-0.25, -0.2) is 4.98 Å². The molecule has 1 aromatic heterocycles. The Morgan fingerprint density at radius 1 is 1.44 bits per heavy atom. The number of ether oxygens (including phenoxy) is 1. The molecule has 0 saturated heterocycles. The van der Waals surface area contributed by atoms with Gasteiger partial charge >= 0.3 is 0 Å².